The summed E-state index contributed by atoms with van der Waals surface area (Å²) in [6, 6.07) is 101. The molecule has 0 N–H and O–H groups in total. The molecule has 0 aromatic heterocycles. The minimum Gasteiger partial charge on any atom is -0.372 e. The van der Waals surface area contributed by atoms with Crippen molar-refractivity contribution in [2.45, 2.75) is 139 Å². The normalized spacial score (nSPS) is 11.9. The van der Waals surface area contributed by atoms with Crippen molar-refractivity contribution in [3.63, 3.8) is 0 Å². The maximum absolute atomic E-state index is 2.41. The van der Waals surface area contributed by atoms with Gasteiger partial charge in [-0.2, -0.15) is 0 Å². The molecule has 0 aliphatic heterocycles. The van der Waals surface area contributed by atoms with Crippen molar-refractivity contribution >= 4 is 73.9 Å². The summed E-state index contributed by atoms with van der Waals surface area (Å²) >= 11 is 0. The summed E-state index contributed by atoms with van der Waals surface area (Å²) in [6.07, 6.45) is 0. The fourth-order valence-electron chi connectivity index (χ4n) is 15.0. The first kappa shape index (κ1) is 73.2. The highest BCUT2D eigenvalue weighted by molar-refractivity contribution is 5.84. The van der Waals surface area contributed by atoms with Crippen LogP contribution in [-0.2, 0) is 21.7 Å². The SMILES string of the molecule is CCN(CC)c1ccc(C(C)(C)c2ccc(N(c3ccc(N(c4ccc(C)cc4)c4ccc(N(c5ccc(C(C)(C)c6ccc(N(CC)CC)cc6)cc5)c5ccc(C(C)(C)c6ccc(N(CC)CC)cc6)cc5)cc4)cc3)c3ccc(C(C)(C)c4ccc(N(CC)CC)cc4)cc3)cc2)cc1. The summed E-state index contributed by atoms with van der Waals surface area (Å²) in [5, 5.41) is 0. The topological polar surface area (TPSA) is 22.7 Å². The van der Waals surface area contributed by atoms with Gasteiger partial charge in [0.05, 0.1) is 0 Å². The molecule has 11 aromatic carbocycles. The lowest BCUT2D eigenvalue weighted by Crippen LogP contribution is -2.23. The minimum atomic E-state index is -0.218. The van der Waals surface area contributed by atoms with E-state index in [0.29, 0.717) is 0 Å². The lowest BCUT2D eigenvalue weighted by Gasteiger charge is -2.32. The molecule has 0 unspecified atom stereocenters. The molecule has 0 atom stereocenters. The van der Waals surface area contributed by atoms with E-state index in [2.05, 4.69) is 419 Å². The third-order valence-electron chi connectivity index (χ3n) is 22.3. The molecule has 0 aliphatic carbocycles. The highest BCUT2D eigenvalue weighted by Gasteiger charge is 2.30. The highest BCUT2D eigenvalue weighted by Crippen LogP contribution is 2.46. The van der Waals surface area contributed by atoms with Crippen LogP contribution in [0.15, 0.2) is 267 Å². The van der Waals surface area contributed by atoms with Crippen molar-refractivity contribution in [3.05, 3.63) is 317 Å². The largest absolute Gasteiger partial charge is 0.372 e. The van der Waals surface area contributed by atoms with E-state index in [1.165, 1.54) is 72.8 Å². The molecular weight excluding hydrogens is 1240 g/mol. The molecule has 102 heavy (non-hydrogen) atoms. The van der Waals surface area contributed by atoms with Gasteiger partial charge in [0.1, 0.15) is 0 Å². The van der Waals surface area contributed by atoms with Gasteiger partial charge in [0.2, 0.25) is 0 Å². The van der Waals surface area contributed by atoms with Crippen molar-refractivity contribution in [3.8, 4) is 0 Å². The van der Waals surface area contributed by atoms with Crippen LogP contribution >= 0.6 is 0 Å². The number of aryl methyl sites for hydroxylation is 1. The van der Waals surface area contributed by atoms with Crippen LogP contribution in [0.5, 0.6) is 0 Å². The molecule has 0 saturated carbocycles. The maximum atomic E-state index is 2.41. The van der Waals surface area contributed by atoms with Gasteiger partial charge in [-0.05, 0) is 265 Å². The van der Waals surface area contributed by atoms with Gasteiger partial charge >= 0.3 is 0 Å². The van der Waals surface area contributed by atoms with Gasteiger partial charge in [0.15, 0.2) is 0 Å². The van der Waals surface area contributed by atoms with Crippen molar-refractivity contribution in [1.82, 2.24) is 0 Å². The second-order valence-corrected chi connectivity index (χ2v) is 29.4. The monoisotopic (exact) mass is 1350 g/mol. The maximum Gasteiger partial charge on any atom is 0.0463 e. The molecule has 0 fully saturated rings. The van der Waals surface area contributed by atoms with Crippen LogP contribution in [0.4, 0.5) is 73.9 Å². The predicted octanol–water partition coefficient (Wildman–Crippen LogP) is 25.1. The summed E-state index contributed by atoms with van der Waals surface area (Å²) in [6.45, 7) is 46.6. The van der Waals surface area contributed by atoms with Crippen LogP contribution in [0, 0.1) is 6.92 Å². The lowest BCUT2D eigenvalue weighted by atomic mass is 9.78. The number of hydrogen-bond donors (Lipinski definition) is 0. The number of anilines is 13. The summed E-state index contributed by atoms with van der Waals surface area (Å²) in [7, 11) is 0. The first-order chi connectivity index (χ1) is 49.1. The third kappa shape index (κ3) is 15.3. The summed E-state index contributed by atoms with van der Waals surface area (Å²) < 4.78 is 0. The number of hydrogen-bond acceptors (Lipinski definition) is 7. The van der Waals surface area contributed by atoms with E-state index < -0.39 is 0 Å². The predicted molar refractivity (Wildman–Crippen MR) is 444 cm³/mol. The first-order valence-electron chi connectivity index (χ1n) is 37.6. The van der Waals surface area contributed by atoms with Gasteiger partial charge < -0.3 is 34.3 Å². The van der Waals surface area contributed by atoms with E-state index in [1.807, 2.05) is 0 Å². The van der Waals surface area contributed by atoms with E-state index in [4.69, 9.17) is 0 Å². The summed E-state index contributed by atoms with van der Waals surface area (Å²) in [4.78, 5) is 16.8. The third-order valence-corrected chi connectivity index (χ3v) is 22.3. The Morgan fingerprint density at radius 1 is 0.167 bits per heavy atom. The van der Waals surface area contributed by atoms with Crippen molar-refractivity contribution in [1.29, 1.82) is 0 Å². The molecule has 11 aromatic rings. The highest BCUT2D eigenvalue weighted by atomic mass is 15.2. The Morgan fingerprint density at radius 3 is 0.402 bits per heavy atom. The molecule has 11 rings (SSSR count). The zero-order valence-electron chi connectivity index (χ0n) is 64.2. The molecule has 0 radical (unpaired) electrons. The van der Waals surface area contributed by atoms with Gasteiger partial charge in [-0.1, -0.05) is 170 Å². The fraction of sp³-hybridized carbons (Fsp3) is 0.305. The van der Waals surface area contributed by atoms with Crippen LogP contribution < -0.4 is 34.3 Å². The van der Waals surface area contributed by atoms with E-state index >= 15 is 0 Å². The zero-order valence-corrected chi connectivity index (χ0v) is 64.2. The Kier molecular flexibility index (Phi) is 22.6. The van der Waals surface area contributed by atoms with E-state index in [9.17, 15) is 0 Å². The van der Waals surface area contributed by atoms with E-state index in [1.54, 1.807) is 0 Å². The van der Waals surface area contributed by atoms with E-state index in [-0.39, 0.29) is 21.7 Å². The number of nitrogens with zero attached hydrogens (tertiary/aromatic N) is 7. The molecule has 0 amide bonds. The first-order valence-corrected chi connectivity index (χ1v) is 37.6. The molecule has 0 spiro atoms. The van der Waals surface area contributed by atoms with Gasteiger partial charge in [-0.3, -0.25) is 0 Å². The van der Waals surface area contributed by atoms with Crippen molar-refractivity contribution in [2.75, 3.05) is 86.7 Å². The Morgan fingerprint density at radius 2 is 0.275 bits per heavy atom. The second-order valence-electron chi connectivity index (χ2n) is 29.4. The van der Waals surface area contributed by atoms with Crippen LogP contribution in [0.1, 0.15) is 161 Å². The van der Waals surface area contributed by atoms with Crippen molar-refractivity contribution in [2.24, 2.45) is 0 Å². The Hall–Kier alpha value is -9.98. The Labute approximate surface area is 613 Å². The molecule has 0 heterocycles. The van der Waals surface area contributed by atoms with Gasteiger partial charge in [-0.15, -0.1) is 0 Å². The second kappa shape index (κ2) is 31.5. The minimum absolute atomic E-state index is 0.218. The quantitative estimate of drug-likeness (QED) is 0.0460. The fourth-order valence-corrected chi connectivity index (χ4v) is 15.0. The molecule has 0 aliphatic rings. The van der Waals surface area contributed by atoms with Gasteiger partial charge in [0.25, 0.3) is 0 Å². The lowest BCUT2D eigenvalue weighted by molar-refractivity contribution is 0.640. The average Bonchev–Trinajstić information content (AvgIpc) is 0.775. The summed E-state index contributed by atoms with van der Waals surface area (Å²) in [5.41, 5.74) is 25.3. The molecule has 7 heteroatoms. The van der Waals surface area contributed by atoms with Gasteiger partial charge in [-0.25, -0.2) is 0 Å². The van der Waals surface area contributed by atoms with Crippen LogP contribution in [0.3, 0.4) is 0 Å². The molecule has 526 valence electrons. The van der Waals surface area contributed by atoms with Gasteiger partial charge in [0, 0.05) is 148 Å². The number of benzene rings is 11. The smallest absolute Gasteiger partial charge is 0.0463 e. The molecular formula is C95H111N7. The standard InChI is InChI=1S/C95H111N7/c1-18-96(19-2)79-46-28-71(29-47-79)92(10,11)75-36-54-84(55-37-75)101(85-56-38-76(39-57-85)93(12,13)72-30-48-80(49-31-72)97(20-3)21-4)90-66-62-88(63-67-90)100(83-44-26-70(9)27-45-83)89-64-68-91(69-65-89)102(86-58-40-77(41-59-86)94(14,15)73-32-50-81(51-33-73)98(22-5)23-6)87-60-42-78(43-61-87)95(16,17)74-34-52-82(53-35-74)99(24-7)25-8/h26-69H,18-25H2,1-17H3. The summed E-state index contributed by atoms with van der Waals surface area (Å²) in [5.74, 6) is 0. The van der Waals surface area contributed by atoms with Crippen LogP contribution in [-0.4, -0.2) is 52.4 Å². The average molecular weight is 1350 g/mol. The molecule has 7 nitrogen and oxygen atoms in total. The van der Waals surface area contributed by atoms with Crippen LogP contribution in [0.25, 0.3) is 0 Å². The zero-order chi connectivity index (χ0) is 72.5. The Bertz CT molecular complexity index is 3930. The molecule has 0 saturated heterocycles. The number of rotatable bonds is 29. The van der Waals surface area contributed by atoms with Crippen molar-refractivity contribution < 1.29 is 0 Å². The van der Waals surface area contributed by atoms with Crippen LogP contribution in [0.2, 0.25) is 0 Å². The molecule has 0 bridgehead atoms. The Balaban J connectivity index is 0.952. The van der Waals surface area contributed by atoms with E-state index in [0.717, 1.165) is 104 Å².